The lowest BCUT2D eigenvalue weighted by atomic mass is 9.95. The molecule has 0 aliphatic rings. The van der Waals surface area contributed by atoms with Gasteiger partial charge in [0.25, 0.3) is 0 Å². The highest BCUT2D eigenvalue weighted by Crippen LogP contribution is 2.36. The number of hydrogen-bond acceptors (Lipinski definition) is 3. The van der Waals surface area contributed by atoms with Crippen molar-refractivity contribution in [1.29, 1.82) is 0 Å². The fourth-order valence-corrected chi connectivity index (χ4v) is 3.36. The molecule has 0 heterocycles. The highest BCUT2D eigenvalue weighted by Gasteiger charge is 2.31. The van der Waals surface area contributed by atoms with Gasteiger partial charge in [0.2, 0.25) is 0 Å². The van der Waals surface area contributed by atoms with Gasteiger partial charge in [-0.3, -0.25) is 0 Å². The SMILES string of the molecule is CS(=O)(=O)c1ccc2cc(C(=O)O)c3ccc(C(F)(F)F)cc3c2c1. The summed E-state index contributed by atoms with van der Waals surface area (Å²) in [6, 6.07) is 8.00. The Hall–Kier alpha value is -2.61. The van der Waals surface area contributed by atoms with E-state index in [0.717, 1.165) is 24.5 Å². The van der Waals surface area contributed by atoms with Crippen molar-refractivity contribution in [2.24, 2.45) is 0 Å². The summed E-state index contributed by atoms with van der Waals surface area (Å²) in [5.41, 5.74) is -1.09. The van der Waals surface area contributed by atoms with Gasteiger partial charge < -0.3 is 5.11 Å². The maximum absolute atomic E-state index is 13.0. The average Bonchev–Trinajstić information content (AvgIpc) is 2.51. The Morgan fingerprint density at radius 3 is 2.20 bits per heavy atom. The minimum absolute atomic E-state index is 0.0372. The number of rotatable bonds is 2. The van der Waals surface area contributed by atoms with Crippen LogP contribution in [0.5, 0.6) is 0 Å². The zero-order valence-electron chi connectivity index (χ0n) is 12.8. The van der Waals surface area contributed by atoms with Gasteiger partial charge in [0.15, 0.2) is 9.84 Å². The molecule has 0 spiro atoms. The van der Waals surface area contributed by atoms with E-state index in [1.807, 2.05) is 0 Å². The summed E-state index contributed by atoms with van der Waals surface area (Å²) < 4.78 is 62.6. The van der Waals surface area contributed by atoms with Crippen molar-refractivity contribution in [2.75, 3.05) is 6.26 Å². The molecule has 0 unspecified atom stereocenters. The largest absolute Gasteiger partial charge is 0.478 e. The Kier molecular flexibility index (Phi) is 3.75. The highest BCUT2D eigenvalue weighted by molar-refractivity contribution is 7.90. The van der Waals surface area contributed by atoms with Crippen molar-refractivity contribution in [3.63, 3.8) is 0 Å². The van der Waals surface area contributed by atoms with Crippen molar-refractivity contribution >= 4 is 37.4 Å². The van der Waals surface area contributed by atoms with Crippen molar-refractivity contribution in [1.82, 2.24) is 0 Å². The van der Waals surface area contributed by atoms with Crippen LogP contribution in [0.2, 0.25) is 0 Å². The third-order valence-corrected chi connectivity index (χ3v) is 5.02. The first-order valence-electron chi connectivity index (χ1n) is 6.99. The molecule has 8 heteroatoms. The maximum Gasteiger partial charge on any atom is 0.416 e. The van der Waals surface area contributed by atoms with Crippen LogP contribution in [0.15, 0.2) is 47.4 Å². The van der Waals surface area contributed by atoms with Gasteiger partial charge in [-0.1, -0.05) is 12.1 Å². The lowest BCUT2D eigenvalue weighted by molar-refractivity contribution is -0.137. The molecule has 0 saturated carbocycles. The second kappa shape index (κ2) is 5.45. The number of halogens is 3. The van der Waals surface area contributed by atoms with Crippen LogP contribution in [0.4, 0.5) is 13.2 Å². The average molecular weight is 368 g/mol. The molecule has 4 nitrogen and oxygen atoms in total. The number of alkyl halides is 3. The molecule has 0 radical (unpaired) electrons. The Morgan fingerprint density at radius 1 is 0.960 bits per heavy atom. The summed E-state index contributed by atoms with van der Waals surface area (Å²) in [7, 11) is -3.57. The molecule has 3 aromatic carbocycles. The van der Waals surface area contributed by atoms with Crippen LogP contribution in [0.1, 0.15) is 15.9 Å². The van der Waals surface area contributed by atoms with E-state index in [1.54, 1.807) is 0 Å². The van der Waals surface area contributed by atoms with Crippen molar-refractivity contribution in [3.05, 3.63) is 53.6 Å². The van der Waals surface area contributed by atoms with Crippen LogP contribution in [0, 0.1) is 0 Å². The normalized spacial score (nSPS) is 12.6. The molecule has 0 aromatic heterocycles. The van der Waals surface area contributed by atoms with Gasteiger partial charge in [0.05, 0.1) is 16.0 Å². The summed E-state index contributed by atoms with van der Waals surface area (Å²) in [4.78, 5) is 11.4. The van der Waals surface area contributed by atoms with Crippen LogP contribution in [0.3, 0.4) is 0 Å². The second-order valence-corrected chi connectivity index (χ2v) is 7.66. The Bertz CT molecular complexity index is 1130. The van der Waals surface area contributed by atoms with E-state index >= 15 is 0 Å². The summed E-state index contributed by atoms with van der Waals surface area (Å²) >= 11 is 0. The lowest BCUT2D eigenvalue weighted by Crippen LogP contribution is -2.05. The third-order valence-electron chi connectivity index (χ3n) is 3.91. The monoisotopic (exact) mass is 368 g/mol. The molecular weight excluding hydrogens is 357 g/mol. The molecule has 3 aromatic rings. The molecule has 0 saturated heterocycles. The lowest BCUT2D eigenvalue weighted by Gasteiger charge is -2.12. The number of carbonyl (C=O) groups is 1. The molecule has 0 atom stereocenters. The molecule has 0 fully saturated rings. The molecular formula is C17H11F3O4S. The number of aromatic carboxylic acids is 1. The van der Waals surface area contributed by atoms with Gasteiger partial charge in [-0.25, -0.2) is 13.2 Å². The van der Waals surface area contributed by atoms with Crippen LogP contribution in [-0.4, -0.2) is 25.7 Å². The summed E-state index contributed by atoms with van der Waals surface area (Å²) in [5.74, 6) is -1.28. The first-order chi connectivity index (χ1) is 11.5. The van der Waals surface area contributed by atoms with Gasteiger partial charge in [-0.05, 0) is 51.9 Å². The van der Waals surface area contributed by atoms with E-state index in [2.05, 4.69) is 0 Å². The van der Waals surface area contributed by atoms with Crippen LogP contribution < -0.4 is 0 Å². The topological polar surface area (TPSA) is 71.4 Å². The van der Waals surface area contributed by atoms with Gasteiger partial charge in [-0.15, -0.1) is 0 Å². The number of benzene rings is 3. The minimum atomic E-state index is -4.60. The second-order valence-electron chi connectivity index (χ2n) is 5.64. The van der Waals surface area contributed by atoms with Gasteiger partial charge in [0, 0.05) is 6.26 Å². The van der Waals surface area contributed by atoms with Crippen LogP contribution in [-0.2, 0) is 16.0 Å². The van der Waals surface area contributed by atoms with E-state index < -0.39 is 27.5 Å². The molecule has 0 aliphatic carbocycles. The minimum Gasteiger partial charge on any atom is -0.478 e. The van der Waals surface area contributed by atoms with Crippen molar-refractivity contribution in [2.45, 2.75) is 11.1 Å². The van der Waals surface area contributed by atoms with E-state index in [0.29, 0.717) is 5.39 Å². The highest BCUT2D eigenvalue weighted by atomic mass is 32.2. The standard InChI is InChI=1S/C17H11F3O4S/c1-25(23,24)11-4-2-9-6-15(16(21)22)12-5-3-10(17(18,19)20)7-14(12)13(9)8-11/h2-8H,1H3,(H,21,22). The van der Waals surface area contributed by atoms with Crippen molar-refractivity contribution < 1.29 is 31.5 Å². The zero-order chi connectivity index (χ0) is 18.6. The molecule has 0 amide bonds. The van der Waals surface area contributed by atoms with Gasteiger partial charge >= 0.3 is 12.1 Å². The summed E-state index contributed by atoms with van der Waals surface area (Å²) in [5, 5.41) is 10.1. The van der Waals surface area contributed by atoms with Crippen molar-refractivity contribution in [3.8, 4) is 0 Å². The molecule has 3 rings (SSSR count). The molecule has 25 heavy (non-hydrogen) atoms. The van der Waals surface area contributed by atoms with Gasteiger partial charge in [0.1, 0.15) is 0 Å². The number of carboxylic acids is 1. The Balaban J connectivity index is 2.51. The summed E-state index contributed by atoms with van der Waals surface area (Å²) in [6.07, 6.45) is -3.61. The maximum atomic E-state index is 13.0. The van der Waals surface area contributed by atoms with E-state index in [9.17, 15) is 31.5 Å². The first-order valence-corrected chi connectivity index (χ1v) is 8.89. The van der Waals surface area contributed by atoms with E-state index in [4.69, 9.17) is 0 Å². The fraction of sp³-hybridized carbons (Fsp3) is 0.118. The predicted octanol–water partition coefficient (Wildman–Crippen LogP) is 4.11. The summed E-state index contributed by atoms with van der Waals surface area (Å²) in [6.45, 7) is 0. The number of carboxylic acid groups (broad SMARTS) is 1. The van der Waals surface area contributed by atoms with E-state index in [1.165, 1.54) is 24.3 Å². The molecule has 0 bridgehead atoms. The Morgan fingerprint density at radius 2 is 1.64 bits per heavy atom. The predicted molar refractivity (Wildman–Crippen MR) is 86.5 cm³/mol. The van der Waals surface area contributed by atoms with E-state index in [-0.39, 0.29) is 26.6 Å². The van der Waals surface area contributed by atoms with Crippen LogP contribution >= 0.6 is 0 Å². The molecule has 0 aliphatic heterocycles. The third kappa shape index (κ3) is 3.05. The number of fused-ring (bicyclic) bond motifs is 3. The zero-order valence-corrected chi connectivity index (χ0v) is 13.6. The van der Waals surface area contributed by atoms with Gasteiger partial charge in [-0.2, -0.15) is 13.2 Å². The number of hydrogen-bond donors (Lipinski definition) is 1. The smallest absolute Gasteiger partial charge is 0.416 e. The quantitative estimate of drug-likeness (QED) is 0.691. The fourth-order valence-electron chi connectivity index (χ4n) is 2.71. The van der Waals surface area contributed by atoms with Crippen LogP contribution in [0.25, 0.3) is 21.5 Å². The number of sulfone groups is 1. The molecule has 130 valence electrons. The first kappa shape index (κ1) is 17.2. The molecule has 1 N–H and O–H groups in total. The Labute approximate surface area is 140 Å².